The van der Waals surface area contributed by atoms with E-state index >= 15 is 0 Å². The molecular formula is C15H12O3S. The van der Waals surface area contributed by atoms with Crippen LogP contribution in [0.4, 0.5) is 0 Å². The molecule has 19 heavy (non-hydrogen) atoms. The van der Waals surface area contributed by atoms with E-state index in [9.17, 15) is 9.59 Å². The second-order valence-corrected chi connectivity index (χ2v) is 5.04. The third kappa shape index (κ3) is 2.85. The molecule has 0 fully saturated rings. The van der Waals surface area contributed by atoms with Gasteiger partial charge in [0.05, 0.1) is 11.8 Å². The van der Waals surface area contributed by atoms with Gasteiger partial charge in [0.1, 0.15) is 0 Å². The monoisotopic (exact) mass is 272 g/mol. The minimum absolute atomic E-state index is 0.00608. The highest BCUT2D eigenvalue weighted by Gasteiger charge is 2.13. The molecule has 0 aliphatic heterocycles. The maximum absolute atomic E-state index is 11.8. The van der Waals surface area contributed by atoms with Crippen molar-refractivity contribution in [1.82, 2.24) is 0 Å². The van der Waals surface area contributed by atoms with Gasteiger partial charge in [-0.05, 0) is 22.9 Å². The summed E-state index contributed by atoms with van der Waals surface area (Å²) >= 11 is 1.15. The molecule has 4 heteroatoms. The van der Waals surface area contributed by atoms with Crippen molar-refractivity contribution in [3.63, 3.8) is 0 Å². The van der Waals surface area contributed by atoms with Gasteiger partial charge < -0.3 is 4.74 Å². The summed E-state index contributed by atoms with van der Waals surface area (Å²) in [6.07, 6.45) is 1.11. The van der Waals surface area contributed by atoms with E-state index in [2.05, 4.69) is 6.58 Å². The molecule has 0 unspecified atom stereocenters. The molecule has 0 heterocycles. The van der Waals surface area contributed by atoms with Crippen LogP contribution < -0.4 is 0 Å². The fourth-order valence-electron chi connectivity index (χ4n) is 1.83. The predicted molar refractivity (Wildman–Crippen MR) is 76.1 cm³/mol. The third-order valence-corrected chi connectivity index (χ3v) is 3.41. The van der Waals surface area contributed by atoms with Crippen molar-refractivity contribution >= 4 is 33.6 Å². The van der Waals surface area contributed by atoms with Crippen molar-refractivity contribution in [1.29, 1.82) is 0 Å². The van der Waals surface area contributed by atoms with E-state index in [1.165, 1.54) is 6.92 Å². The van der Waals surface area contributed by atoms with Crippen LogP contribution in [0, 0.1) is 0 Å². The molecule has 0 aromatic heterocycles. The first-order valence-electron chi connectivity index (χ1n) is 5.65. The van der Waals surface area contributed by atoms with E-state index in [1.54, 1.807) is 12.1 Å². The molecule has 2 aromatic rings. The van der Waals surface area contributed by atoms with Crippen LogP contribution in [0.2, 0.25) is 0 Å². The maximum atomic E-state index is 11.8. The van der Waals surface area contributed by atoms with Crippen LogP contribution in [0.1, 0.15) is 17.3 Å². The Bertz CT molecular complexity index is 661. The van der Waals surface area contributed by atoms with Gasteiger partial charge in [-0.25, -0.2) is 4.79 Å². The summed E-state index contributed by atoms with van der Waals surface area (Å²) in [5, 5.41) is 1.63. The molecular weight excluding hydrogens is 260 g/mol. The molecule has 0 atom stereocenters. The second kappa shape index (κ2) is 5.71. The Morgan fingerprint density at radius 1 is 1.16 bits per heavy atom. The number of ether oxygens (including phenoxy) is 1. The summed E-state index contributed by atoms with van der Waals surface area (Å²) in [6, 6.07) is 10.8. The summed E-state index contributed by atoms with van der Waals surface area (Å²) in [6.45, 7) is 4.88. The molecule has 0 bridgehead atoms. The summed E-state index contributed by atoms with van der Waals surface area (Å²) in [5.74, 6) is -0.453. The van der Waals surface area contributed by atoms with Crippen molar-refractivity contribution in [3.8, 4) is 0 Å². The predicted octanol–water partition coefficient (Wildman–Crippen LogP) is 3.78. The zero-order chi connectivity index (χ0) is 13.8. The summed E-state index contributed by atoms with van der Waals surface area (Å²) in [7, 11) is 0. The highest BCUT2D eigenvalue weighted by atomic mass is 32.2. The number of esters is 1. The number of hydrogen-bond donors (Lipinski definition) is 0. The first kappa shape index (κ1) is 13.4. The second-order valence-electron chi connectivity index (χ2n) is 3.82. The van der Waals surface area contributed by atoms with E-state index in [4.69, 9.17) is 4.74 Å². The fraction of sp³-hybridized carbons (Fsp3) is 0.0667. The molecule has 96 valence electrons. The zero-order valence-electron chi connectivity index (χ0n) is 10.4. The normalized spacial score (nSPS) is 10.2. The largest absolute Gasteiger partial charge is 0.432 e. The number of carbonyl (C=O) groups excluding carboxylic acids is 2. The number of benzene rings is 2. The van der Waals surface area contributed by atoms with Gasteiger partial charge in [-0.3, -0.25) is 4.79 Å². The quantitative estimate of drug-likeness (QED) is 0.484. The average molecular weight is 272 g/mol. The molecule has 0 saturated carbocycles. The van der Waals surface area contributed by atoms with Crippen molar-refractivity contribution in [3.05, 3.63) is 54.8 Å². The molecule has 2 rings (SSSR count). The Hall–Kier alpha value is -2.07. The van der Waals surface area contributed by atoms with Crippen molar-refractivity contribution in [2.45, 2.75) is 11.8 Å². The van der Waals surface area contributed by atoms with Gasteiger partial charge in [0.2, 0.25) is 0 Å². The molecule has 3 nitrogen and oxygen atoms in total. The first-order chi connectivity index (χ1) is 9.13. The molecule has 0 saturated heterocycles. The molecule has 0 spiro atoms. The minimum atomic E-state index is -0.453. The van der Waals surface area contributed by atoms with Gasteiger partial charge >= 0.3 is 5.97 Å². The van der Waals surface area contributed by atoms with Gasteiger partial charge in [-0.2, -0.15) is 0 Å². The van der Waals surface area contributed by atoms with Crippen LogP contribution in [-0.4, -0.2) is 11.1 Å². The van der Waals surface area contributed by atoms with Gasteiger partial charge in [-0.15, -0.1) is 0 Å². The van der Waals surface area contributed by atoms with E-state index in [0.29, 0.717) is 5.56 Å². The molecule has 2 aromatic carbocycles. The summed E-state index contributed by atoms with van der Waals surface area (Å²) in [4.78, 5) is 23.9. The molecule has 0 amide bonds. The van der Waals surface area contributed by atoms with Gasteiger partial charge in [0.25, 0.3) is 0 Å². The highest BCUT2D eigenvalue weighted by molar-refractivity contribution is 8.13. The van der Waals surface area contributed by atoms with Crippen molar-refractivity contribution in [2.75, 3.05) is 0 Å². The van der Waals surface area contributed by atoms with Crippen LogP contribution in [0.3, 0.4) is 0 Å². The summed E-state index contributed by atoms with van der Waals surface area (Å²) in [5.41, 5.74) is 0.461. The molecule has 0 aliphatic rings. The third-order valence-electron chi connectivity index (χ3n) is 2.55. The van der Waals surface area contributed by atoms with Gasteiger partial charge in [0, 0.05) is 11.8 Å². The Labute approximate surface area is 115 Å². The van der Waals surface area contributed by atoms with Crippen LogP contribution in [-0.2, 0) is 9.53 Å². The van der Waals surface area contributed by atoms with E-state index in [-0.39, 0.29) is 5.12 Å². The molecule has 0 radical (unpaired) electrons. The standard InChI is InChI=1S/C15H12O3S/c1-3-18-15(17)13-8-9-14(19-10(2)16)12-7-5-4-6-11(12)13/h3-9H,1H2,2H3. The number of hydrogen-bond acceptors (Lipinski definition) is 4. The minimum Gasteiger partial charge on any atom is -0.432 e. The van der Waals surface area contributed by atoms with Crippen LogP contribution in [0.5, 0.6) is 0 Å². The lowest BCUT2D eigenvalue weighted by Gasteiger charge is -2.08. The number of fused-ring (bicyclic) bond motifs is 1. The van der Waals surface area contributed by atoms with Gasteiger partial charge in [-0.1, -0.05) is 42.6 Å². The lowest BCUT2D eigenvalue weighted by atomic mass is 10.0. The van der Waals surface area contributed by atoms with E-state index < -0.39 is 5.97 Å². The zero-order valence-corrected chi connectivity index (χ0v) is 11.2. The number of thioether (sulfide) groups is 1. The van der Waals surface area contributed by atoms with Crippen LogP contribution in [0.15, 0.2) is 54.1 Å². The smallest absolute Gasteiger partial charge is 0.343 e. The van der Waals surface area contributed by atoms with Crippen LogP contribution >= 0.6 is 11.8 Å². The molecule has 0 N–H and O–H groups in total. The summed E-state index contributed by atoms with van der Waals surface area (Å²) < 4.78 is 4.81. The van der Waals surface area contributed by atoms with Gasteiger partial charge in [0.15, 0.2) is 5.12 Å². The number of carbonyl (C=O) groups is 2. The Balaban J connectivity index is 2.61. The maximum Gasteiger partial charge on any atom is 0.343 e. The SMILES string of the molecule is C=COC(=O)c1ccc(SC(C)=O)c2ccccc12. The topological polar surface area (TPSA) is 43.4 Å². The van der Waals surface area contributed by atoms with Crippen LogP contribution in [0.25, 0.3) is 10.8 Å². The van der Waals surface area contributed by atoms with Crippen molar-refractivity contribution < 1.29 is 14.3 Å². The Morgan fingerprint density at radius 3 is 2.47 bits per heavy atom. The lowest BCUT2D eigenvalue weighted by Crippen LogP contribution is -2.01. The Morgan fingerprint density at radius 2 is 1.84 bits per heavy atom. The Kier molecular flexibility index (Phi) is 4.02. The average Bonchev–Trinajstić information content (AvgIpc) is 2.38. The fourth-order valence-corrected chi connectivity index (χ4v) is 2.57. The number of rotatable bonds is 3. The van der Waals surface area contributed by atoms with Crippen molar-refractivity contribution in [2.24, 2.45) is 0 Å². The van der Waals surface area contributed by atoms with E-state index in [0.717, 1.165) is 33.7 Å². The lowest BCUT2D eigenvalue weighted by molar-refractivity contribution is -0.109. The highest BCUT2D eigenvalue weighted by Crippen LogP contribution is 2.30. The molecule has 0 aliphatic carbocycles. The first-order valence-corrected chi connectivity index (χ1v) is 6.47. The van der Waals surface area contributed by atoms with E-state index in [1.807, 2.05) is 24.3 Å².